The molecule has 0 spiro atoms. The zero-order chi connectivity index (χ0) is 17.4. The molecule has 1 amide bonds. The number of carbonyl (C=O) groups excluding carboxylic acids is 1. The minimum Gasteiger partial charge on any atom is -0.338 e. The number of carbonyl (C=O) groups is 1. The molecule has 2 aliphatic rings. The maximum atomic E-state index is 12.3. The van der Waals surface area contributed by atoms with Gasteiger partial charge in [0, 0.05) is 50.8 Å². The standard InChI is InChI=1S/C20H26N4O/c1-23-13-17(12-22-23)20-16(10-19(25)24(20)2)11-21-18-8-7-14-5-3-4-6-15(14)9-18/h3-6,12-13,16,18,20-21H,7-11H2,1-2H3/t16-,18+,20+/m0/s1. The number of fused-ring (bicyclic) bond motifs is 1. The zero-order valence-corrected chi connectivity index (χ0v) is 15.0. The third-order valence-corrected chi connectivity index (χ3v) is 5.78. The highest BCUT2D eigenvalue weighted by molar-refractivity contribution is 5.79. The van der Waals surface area contributed by atoms with E-state index in [0.717, 1.165) is 24.9 Å². The van der Waals surface area contributed by atoms with Gasteiger partial charge in [-0.15, -0.1) is 0 Å². The van der Waals surface area contributed by atoms with E-state index in [4.69, 9.17) is 0 Å². The molecule has 1 N–H and O–H groups in total. The molecule has 1 fully saturated rings. The van der Waals surface area contributed by atoms with E-state index in [1.165, 1.54) is 17.5 Å². The van der Waals surface area contributed by atoms with E-state index in [1.54, 1.807) is 0 Å². The van der Waals surface area contributed by atoms with Crippen molar-refractivity contribution >= 4 is 5.91 Å². The Morgan fingerprint density at radius 2 is 2.00 bits per heavy atom. The Bertz CT molecular complexity index is 769. The average Bonchev–Trinajstić information content (AvgIpc) is 3.16. The zero-order valence-electron chi connectivity index (χ0n) is 15.0. The van der Waals surface area contributed by atoms with Crippen LogP contribution in [0.4, 0.5) is 0 Å². The fraction of sp³-hybridized carbons (Fsp3) is 0.500. The van der Waals surface area contributed by atoms with Crippen molar-refractivity contribution in [3.05, 3.63) is 53.3 Å². The van der Waals surface area contributed by atoms with Gasteiger partial charge in [0.2, 0.25) is 5.91 Å². The summed E-state index contributed by atoms with van der Waals surface area (Å²) in [5, 5.41) is 8.03. The largest absolute Gasteiger partial charge is 0.338 e. The molecule has 1 saturated heterocycles. The maximum absolute atomic E-state index is 12.3. The van der Waals surface area contributed by atoms with Crippen LogP contribution in [0, 0.1) is 5.92 Å². The lowest BCUT2D eigenvalue weighted by Gasteiger charge is -2.29. The van der Waals surface area contributed by atoms with Gasteiger partial charge in [0.05, 0.1) is 12.2 Å². The topological polar surface area (TPSA) is 50.2 Å². The van der Waals surface area contributed by atoms with Gasteiger partial charge in [-0.25, -0.2) is 0 Å². The van der Waals surface area contributed by atoms with Crippen LogP contribution in [0.2, 0.25) is 0 Å². The summed E-state index contributed by atoms with van der Waals surface area (Å²) in [6.45, 7) is 0.877. The number of aromatic nitrogens is 2. The fourth-order valence-electron chi connectivity index (χ4n) is 4.41. The van der Waals surface area contributed by atoms with E-state index in [2.05, 4.69) is 34.7 Å². The summed E-state index contributed by atoms with van der Waals surface area (Å²) < 4.78 is 1.81. The summed E-state index contributed by atoms with van der Waals surface area (Å²) in [4.78, 5) is 14.1. The van der Waals surface area contributed by atoms with Crippen molar-refractivity contribution < 1.29 is 4.79 Å². The van der Waals surface area contributed by atoms with Crippen molar-refractivity contribution in [3.8, 4) is 0 Å². The Labute approximate surface area is 149 Å². The molecule has 5 nitrogen and oxygen atoms in total. The van der Waals surface area contributed by atoms with Gasteiger partial charge in [0.25, 0.3) is 0 Å². The predicted molar refractivity (Wildman–Crippen MR) is 97.1 cm³/mol. The van der Waals surface area contributed by atoms with Crippen molar-refractivity contribution in [2.24, 2.45) is 13.0 Å². The molecular formula is C20H26N4O. The molecule has 25 heavy (non-hydrogen) atoms. The number of aryl methyl sites for hydroxylation is 2. The number of nitrogens with one attached hydrogen (secondary N) is 1. The van der Waals surface area contributed by atoms with Crippen molar-refractivity contribution in [1.29, 1.82) is 0 Å². The molecule has 4 rings (SSSR count). The van der Waals surface area contributed by atoms with Gasteiger partial charge in [-0.05, 0) is 30.4 Å². The number of likely N-dealkylation sites (tertiary alicyclic amines) is 1. The Morgan fingerprint density at radius 3 is 2.76 bits per heavy atom. The highest BCUT2D eigenvalue weighted by Crippen LogP contribution is 2.36. The molecule has 1 aliphatic carbocycles. The lowest BCUT2D eigenvalue weighted by Crippen LogP contribution is -2.38. The van der Waals surface area contributed by atoms with Crippen molar-refractivity contribution in [1.82, 2.24) is 20.0 Å². The minimum absolute atomic E-state index is 0.129. The van der Waals surface area contributed by atoms with Gasteiger partial charge in [0.15, 0.2) is 0 Å². The van der Waals surface area contributed by atoms with Crippen LogP contribution >= 0.6 is 0 Å². The van der Waals surface area contributed by atoms with Crippen LogP contribution in [0.25, 0.3) is 0 Å². The summed E-state index contributed by atoms with van der Waals surface area (Å²) in [6, 6.07) is 9.38. The third-order valence-electron chi connectivity index (χ3n) is 5.78. The fourth-order valence-corrected chi connectivity index (χ4v) is 4.41. The maximum Gasteiger partial charge on any atom is 0.223 e. The Hall–Kier alpha value is -2.14. The first-order valence-corrected chi connectivity index (χ1v) is 9.16. The highest BCUT2D eigenvalue weighted by Gasteiger charge is 2.39. The molecule has 1 aromatic heterocycles. The van der Waals surface area contributed by atoms with Gasteiger partial charge in [-0.1, -0.05) is 24.3 Å². The van der Waals surface area contributed by atoms with Gasteiger partial charge >= 0.3 is 0 Å². The first-order valence-electron chi connectivity index (χ1n) is 9.16. The molecule has 0 bridgehead atoms. The second kappa shape index (κ2) is 6.64. The summed E-state index contributed by atoms with van der Waals surface area (Å²) >= 11 is 0. The molecule has 1 aromatic carbocycles. The van der Waals surface area contributed by atoms with Gasteiger partial charge in [-0.2, -0.15) is 5.10 Å². The van der Waals surface area contributed by atoms with Crippen LogP contribution in [0.5, 0.6) is 0 Å². The Kier molecular flexibility index (Phi) is 4.34. The van der Waals surface area contributed by atoms with E-state index in [0.29, 0.717) is 18.4 Å². The smallest absolute Gasteiger partial charge is 0.223 e. The lowest BCUT2D eigenvalue weighted by molar-refractivity contribution is -0.127. The molecule has 1 aliphatic heterocycles. The summed E-state index contributed by atoms with van der Waals surface area (Å²) in [5.74, 6) is 0.536. The number of benzene rings is 1. The summed E-state index contributed by atoms with van der Waals surface area (Å²) in [7, 11) is 3.84. The van der Waals surface area contributed by atoms with Crippen LogP contribution in [0.15, 0.2) is 36.7 Å². The van der Waals surface area contributed by atoms with E-state index >= 15 is 0 Å². The van der Waals surface area contributed by atoms with E-state index in [-0.39, 0.29) is 11.9 Å². The second-order valence-electron chi connectivity index (χ2n) is 7.48. The normalized spacial score (nSPS) is 26.1. The number of hydrogen-bond donors (Lipinski definition) is 1. The Morgan fingerprint density at radius 1 is 1.20 bits per heavy atom. The second-order valence-corrected chi connectivity index (χ2v) is 7.48. The molecule has 0 unspecified atom stereocenters. The van der Waals surface area contributed by atoms with Gasteiger partial charge in [0.1, 0.15) is 0 Å². The predicted octanol–water partition coefficient (Wildman–Crippen LogP) is 2.09. The molecule has 5 heteroatoms. The van der Waals surface area contributed by atoms with E-state index in [1.807, 2.05) is 36.1 Å². The van der Waals surface area contributed by atoms with Crippen LogP contribution in [-0.4, -0.2) is 40.2 Å². The lowest BCUT2D eigenvalue weighted by atomic mass is 9.87. The van der Waals surface area contributed by atoms with Crippen LogP contribution in [-0.2, 0) is 24.7 Å². The van der Waals surface area contributed by atoms with Crippen LogP contribution < -0.4 is 5.32 Å². The van der Waals surface area contributed by atoms with Crippen molar-refractivity contribution in [2.75, 3.05) is 13.6 Å². The summed E-state index contributed by atoms with van der Waals surface area (Å²) in [5.41, 5.74) is 4.09. The molecular weight excluding hydrogens is 312 g/mol. The first-order chi connectivity index (χ1) is 12.1. The quantitative estimate of drug-likeness (QED) is 0.929. The molecule has 2 heterocycles. The van der Waals surface area contributed by atoms with Gasteiger partial charge < -0.3 is 10.2 Å². The third kappa shape index (κ3) is 3.21. The SMILES string of the molecule is CN1C(=O)C[C@@H](CN[C@@H]2CCc3ccccc3C2)[C@@H]1c1cnn(C)c1. The highest BCUT2D eigenvalue weighted by atomic mass is 16.2. The number of rotatable bonds is 4. The van der Waals surface area contributed by atoms with Gasteiger partial charge in [-0.3, -0.25) is 9.48 Å². The monoisotopic (exact) mass is 338 g/mol. The molecule has 0 saturated carbocycles. The van der Waals surface area contributed by atoms with Crippen molar-refractivity contribution in [2.45, 2.75) is 37.8 Å². The molecule has 3 atom stereocenters. The van der Waals surface area contributed by atoms with Crippen molar-refractivity contribution in [3.63, 3.8) is 0 Å². The van der Waals surface area contributed by atoms with E-state index < -0.39 is 0 Å². The molecule has 0 radical (unpaired) electrons. The van der Waals surface area contributed by atoms with Crippen LogP contribution in [0.3, 0.4) is 0 Å². The number of amides is 1. The molecule has 132 valence electrons. The van der Waals surface area contributed by atoms with Crippen LogP contribution in [0.1, 0.15) is 35.6 Å². The number of hydrogen-bond acceptors (Lipinski definition) is 3. The Balaban J connectivity index is 1.42. The molecule has 2 aromatic rings. The minimum atomic E-state index is 0.129. The summed E-state index contributed by atoms with van der Waals surface area (Å²) in [6.07, 6.45) is 7.94. The average molecular weight is 338 g/mol. The van der Waals surface area contributed by atoms with E-state index in [9.17, 15) is 4.79 Å². The number of nitrogens with zero attached hydrogens (tertiary/aromatic N) is 3. The first kappa shape index (κ1) is 16.3.